The number of hydrogen-bond acceptors (Lipinski definition) is 3. The zero-order valence-electron chi connectivity index (χ0n) is 15.0. The van der Waals surface area contributed by atoms with Crippen molar-refractivity contribution in [2.24, 2.45) is 0 Å². The highest BCUT2D eigenvalue weighted by Gasteiger charge is 2.21. The van der Waals surface area contributed by atoms with Gasteiger partial charge in [-0.05, 0) is 36.2 Å². The first-order chi connectivity index (χ1) is 12.6. The Kier molecular flexibility index (Phi) is 6.36. The highest BCUT2D eigenvalue weighted by atomic mass is 35.5. The van der Waals surface area contributed by atoms with Crippen molar-refractivity contribution in [3.63, 3.8) is 0 Å². The minimum Gasteiger partial charge on any atom is -0.497 e. The van der Waals surface area contributed by atoms with Crippen LogP contribution in [0.2, 0.25) is 5.02 Å². The van der Waals surface area contributed by atoms with Gasteiger partial charge in [-0.1, -0.05) is 29.8 Å². The highest BCUT2D eigenvalue weighted by molar-refractivity contribution is 6.30. The van der Waals surface area contributed by atoms with Crippen LogP contribution in [-0.2, 0) is 6.42 Å². The van der Waals surface area contributed by atoms with E-state index in [-0.39, 0.29) is 6.03 Å². The van der Waals surface area contributed by atoms with Crippen molar-refractivity contribution < 1.29 is 9.53 Å². The Morgan fingerprint density at radius 3 is 2.54 bits per heavy atom. The van der Waals surface area contributed by atoms with Crippen molar-refractivity contribution in [1.29, 1.82) is 0 Å². The van der Waals surface area contributed by atoms with Gasteiger partial charge in [0, 0.05) is 49.5 Å². The Balaban J connectivity index is 1.43. The summed E-state index contributed by atoms with van der Waals surface area (Å²) in [5.41, 5.74) is 2.03. The fraction of sp³-hybridized carbons (Fsp3) is 0.350. The molecule has 138 valence electrons. The van der Waals surface area contributed by atoms with Gasteiger partial charge in [0.1, 0.15) is 5.75 Å². The monoisotopic (exact) mass is 373 g/mol. The van der Waals surface area contributed by atoms with Crippen molar-refractivity contribution >= 4 is 23.3 Å². The smallest absolute Gasteiger partial charge is 0.321 e. The fourth-order valence-corrected chi connectivity index (χ4v) is 3.14. The van der Waals surface area contributed by atoms with Crippen LogP contribution in [0.1, 0.15) is 5.56 Å². The number of nitrogens with one attached hydrogen (secondary N) is 1. The molecule has 1 N–H and O–H groups in total. The molecular formula is C20H24ClN3O2. The molecule has 6 heteroatoms. The summed E-state index contributed by atoms with van der Waals surface area (Å²) in [4.78, 5) is 16.7. The molecule has 2 aromatic carbocycles. The average molecular weight is 374 g/mol. The number of nitrogens with zero attached hydrogens (tertiary/aromatic N) is 2. The molecule has 5 nitrogen and oxygen atoms in total. The molecule has 0 unspecified atom stereocenters. The number of urea groups is 1. The Morgan fingerprint density at radius 2 is 1.85 bits per heavy atom. The van der Waals surface area contributed by atoms with E-state index in [0.717, 1.165) is 55.6 Å². The highest BCUT2D eigenvalue weighted by Crippen LogP contribution is 2.17. The number of ether oxygens (including phenoxy) is 1. The third-order valence-electron chi connectivity index (χ3n) is 4.61. The van der Waals surface area contributed by atoms with E-state index in [0.29, 0.717) is 0 Å². The van der Waals surface area contributed by atoms with Gasteiger partial charge in [0.2, 0.25) is 0 Å². The summed E-state index contributed by atoms with van der Waals surface area (Å²) in [5.74, 6) is 0.731. The number of carbonyl (C=O) groups is 1. The maximum Gasteiger partial charge on any atom is 0.321 e. The SMILES string of the molecule is COc1cccc(NC(=O)N2CCN(CCc3ccc(Cl)cc3)CC2)c1. The lowest BCUT2D eigenvalue weighted by atomic mass is 10.1. The van der Waals surface area contributed by atoms with Crippen LogP contribution in [-0.4, -0.2) is 55.7 Å². The first-order valence-corrected chi connectivity index (χ1v) is 9.18. The molecule has 1 heterocycles. The molecule has 26 heavy (non-hydrogen) atoms. The molecule has 0 bridgehead atoms. The second-order valence-electron chi connectivity index (χ2n) is 6.37. The molecule has 1 aliphatic rings. The van der Waals surface area contributed by atoms with E-state index in [9.17, 15) is 4.79 Å². The van der Waals surface area contributed by atoms with E-state index in [1.807, 2.05) is 41.3 Å². The van der Waals surface area contributed by atoms with Crippen LogP contribution in [0.5, 0.6) is 5.75 Å². The molecule has 0 saturated carbocycles. The molecule has 0 aliphatic carbocycles. The van der Waals surface area contributed by atoms with E-state index in [2.05, 4.69) is 22.3 Å². The summed E-state index contributed by atoms with van der Waals surface area (Å²) in [6, 6.07) is 15.3. The number of rotatable bonds is 5. The fourth-order valence-electron chi connectivity index (χ4n) is 3.02. The molecule has 0 spiro atoms. The molecule has 0 radical (unpaired) electrons. The van der Waals surface area contributed by atoms with Gasteiger partial charge in [-0.2, -0.15) is 0 Å². The maximum atomic E-state index is 12.4. The standard InChI is InChI=1S/C20H24ClN3O2/c1-26-19-4-2-3-18(15-19)22-20(25)24-13-11-23(12-14-24)10-9-16-5-7-17(21)8-6-16/h2-8,15H,9-14H2,1H3,(H,22,25). The van der Waals surface area contributed by atoms with Gasteiger partial charge in [0.05, 0.1) is 7.11 Å². The predicted molar refractivity (Wildman–Crippen MR) is 105 cm³/mol. The number of carbonyl (C=O) groups excluding carboxylic acids is 1. The Labute approximate surface area is 159 Å². The third-order valence-corrected chi connectivity index (χ3v) is 4.86. The molecule has 1 saturated heterocycles. The first kappa shape index (κ1) is 18.5. The van der Waals surface area contributed by atoms with Crippen LogP contribution in [0.15, 0.2) is 48.5 Å². The molecule has 2 amide bonds. The van der Waals surface area contributed by atoms with Crippen molar-refractivity contribution in [3.05, 3.63) is 59.1 Å². The van der Waals surface area contributed by atoms with Crippen LogP contribution in [0.3, 0.4) is 0 Å². The van der Waals surface area contributed by atoms with E-state index in [1.165, 1.54) is 5.56 Å². The topological polar surface area (TPSA) is 44.8 Å². The lowest BCUT2D eigenvalue weighted by molar-refractivity contribution is 0.148. The second kappa shape index (κ2) is 8.92. The minimum absolute atomic E-state index is 0.0596. The Morgan fingerprint density at radius 1 is 1.12 bits per heavy atom. The largest absolute Gasteiger partial charge is 0.497 e. The van der Waals surface area contributed by atoms with Crippen molar-refractivity contribution in [2.75, 3.05) is 45.2 Å². The summed E-state index contributed by atoms with van der Waals surface area (Å²) in [6.07, 6.45) is 0.993. The van der Waals surface area contributed by atoms with Crippen LogP contribution in [0, 0.1) is 0 Å². The molecule has 2 aromatic rings. The maximum absolute atomic E-state index is 12.4. The van der Waals surface area contributed by atoms with Gasteiger partial charge >= 0.3 is 6.03 Å². The van der Waals surface area contributed by atoms with Crippen LogP contribution < -0.4 is 10.1 Å². The molecule has 3 rings (SSSR count). The van der Waals surface area contributed by atoms with Crippen LogP contribution >= 0.6 is 11.6 Å². The number of hydrogen-bond donors (Lipinski definition) is 1. The zero-order valence-corrected chi connectivity index (χ0v) is 15.7. The number of amides is 2. The van der Waals surface area contributed by atoms with Gasteiger partial charge in [0.15, 0.2) is 0 Å². The van der Waals surface area contributed by atoms with Crippen LogP contribution in [0.25, 0.3) is 0 Å². The van der Waals surface area contributed by atoms with Crippen LogP contribution in [0.4, 0.5) is 10.5 Å². The second-order valence-corrected chi connectivity index (χ2v) is 6.80. The van der Waals surface area contributed by atoms with Crippen molar-refractivity contribution in [2.45, 2.75) is 6.42 Å². The van der Waals surface area contributed by atoms with E-state index >= 15 is 0 Å². The van der Waals surface area contributed by atoms with E-state index < -0.39 is 0 Å². The van der Waals surface area contributed by atoms with Gasteiger partial charge in [-0.25, -0.2) is 4.79 Å². The van der Waals surface area contributed by atoms with Gasteiger partial charge in [0.25, 0.3) is 0 Å². The van der Waals surface area contributed by atoms with Crippen molar-refractivity contribution in [3.8, 4) is 5.75 Å². The number of piperazine rings is 1. The van der Waals surface area contributed by atoms with E-state index in [1.54, 1.807) is 7.11 Å². The quantitative estimate of drug-likeness (QED) is 0.868. The summed E-state index contributed by atoms with van der Waals surface area (Å²) in [6.45, 7) is 4.23. The normalized spacial score (nSPS) is 14.9. The molecule has 0 aromatic heterocycles. The molecule has 1 aliphatic heterocycles. The number of methoxy groups -OCH3 is 1. The average Bonchev–Trinajstić information content (AvgIpc) is 2.68. The van der Waals surface area contributed by atoms with Crippen molar-refractivity contribution in [1.82, 2.24) is 9.80 Å². The number of anilines is 1. The van der Waals surface area contributed by atoms with Gasteiger partial charge < -0.3 is 15.0 Å². The summed E-state index contributed by atoms with van der Waals surface area (Å²) in [7, 11) is 1.62. The minimum atomic E-state index is -0.0596. The Hall–Kier alpha value is -2.24. The lowest BCUT2D eigenvalue weighted by Gasteiger charge is -2.34. The first-order valence-electron chi connectivity index (χ1n) is 8.81. The molecule has 0 atom stereocenters. The summed E-state index contributed by atoms with van der Waals surface area (Å²) < 4.78 is 5.19. The molecular weight excluding hydrogens is 350 g/mol. The Bertz CT molecular complexity index is 728. The third kappa shape index (κ3) is 5.13. The number of benzene rings is 2. The van der Waals surface area contributed by atoms with Gasteiger partial charge in [-0.15, -0.1) is 0 Å². The lowest BCUT2D eigenvalue weighted by Crippen LogP contribution is -2.50. The predicted octanol–water partition coefficient (Wildman–Crippen LogP) is 3.74. The summed E-state index contributed by atoms with van der Waals surface area (Å²) in [5, 5.41) is 3.71. The van der Waals surface area contributed by atoms with Gasteiger partial charge in [-0.3, -0.25) is 4.90 Å². The van der Waals surface area contributed by atoms with E-state index in [4.69, 9.17) is 16.3 Å². The number of halogens is 1. The molecule has 1 fully saturated rings. The zero-order chi connectivity index (χ0) is 18.4. The summed E-state index contributed by atoms with van der Waals surface area (Å²) >= 11 is 5.92.